The molecule has 1 aromatic heterocycles. The summed E-state index contributed by atoms with van der Waals surface area (Å²) in [4.78, 5) is 0.195. The molecule has 1 atom stereocenters. The molecule has 0 amide bonds. The van der Waals surface area contributed by atoms with Crippen LogP contribution in [0.4, 0.5) is 0 Å². The van der Waals surface area contributed by atoms with Gasteiger partial charge >= 0.3 is 0 Å². The third kappa shape index (κ3) is 4.44. The Labute approximate surface area is 125 Å². The number of rotatable bonds is 7. The van der Waals surface area contributed by atoms with Crippen LogP contribution in [0.2, 0.25) is 0 Å². The van der Waals surface area contributed by atoms with Crippen LogP contribution in [0.15, 0.2) is 52.0 Å². The fraction of sp³-hybridized carbons (Fsp3) is 0.375. The van der Waals surface area contributed by atoms with Crippen molar-refractivity contribution in [3.8, 4) is 0 Å². The molecule has 0 N–H and O–H groups in total. The Bertz CT molecular complexity index is 642. The Morgan fingerprint density at radius 1 is 1.19 bits per heavy atom. The van der Waals surface area contributed by atoms with Gasteiger partial charge in [0.25, 0.3) is 10.1 Å². The first-order valence-electron chi connectivity index (χ1n) is 6.99. The van der Waals surface area contributed by atoms with Crippen molar-refractivity contribution in [2.24, 2.45) is 5.92 Å². The van der Waals surface area contributed by atoms with Crippen molar-refractivity contribution in [2.75, 3.05) is 6.61 Å². The lowest BCUT2D eigenvalue weighted by Crippen LogP contribution is -2.16. The standard InChI is InChI=1S/C16H20O4S/c1-3-14(11-15-5-4-10-19-15)12-20-21(17,18)16-8-6-13(2)7-9-16/h4-10,14H,3,11-12H2,1-2H3/t14-/m1/s1. The number of hydrogen-bond donors (Lipinski definition) is 0. The molecular weight excluding hydrogens is 288 g/mol. The maximum Gasteiger partial charge on any atom is 0.296 e. The lowest BCUT2D eigenvalue weighted by molar-refractivity contribution is 0.242. The largest absolute Gasteiger partial charge is 0.469 e. The zero-order valence-electron chi connectivity index (χ0n) is 12.3. The van der Waals surface area contributed by atoms with Crippen LogP contribution in [0.5, 0.6) is 0 Å². The quantitative estimate of drug-likeness (QED) is 0.734. The Morgan fingerprint density at radius 3 is 2.48 bits per heavy atom. The lowest BCUT2D eigenvalue weighted by Gasteiger charge is -2.13. The highest BCUT2D eigenvalue weighted by Crippen LogP contribution is 2.18. The minimum absolute atomic E-state index is 0.108. The van der Waals surface area contributed by atoms with Gasteiger partial charge in [0.05, 0.1) is 17.8 Å². The highest BCUT2D eigenvalue weighted by Gasteiger charge is 2.18. The van der Waals surface area contributed by atoms with Crippen LogP contribution in [-0.2, 0) is 20.7 Å². The number of hydrogen-bond acceptors (Lipinski definition) is 4. The molecule has 114 valence electrons. The van der Waals surface area contributed by atoms with Gasteiger partial charge in [-0.2, -0.15) is 8.42 Å². The molecule has 2 aromatic rings. The topological polar surface area (TPSA) is 56.5 Å². The van der Waals surface area contributed by atoms with Crippen LogP contribution in [0, 0.1) is 12.8 Å². The average molecular weight is 308 g/mol. The molecule has 0 unspecified atom stereocenters. The maximum absolute atomic E-state index is 12.1. The van der Waals surface area contributed by atoms with Gasteiger partial charge < -0.3 is 4.42 Å². The van der Waals surface area contributed by atoms with E-state index in [1.165, 1.54) is 0 Å². The van der Waals surface area contributed by atoms with Crippen LogP contribution < -0.4 is 0 Å². The summed E-state index contributed by atoms with van der Waals surface area (Å²) in [5.41, 5.74) is 1.01. The SMILES string of the molecule is CC[C@@H](COS(=O)(=O)c1ccc(C)cc1)Cc1ccco1. The highest BCUT2D eigenvalue weighted by molar-refractivity contribution is 7.86. The minimum Gasteiger partial charge on any atom is -0.469 e. The zero-order chi connectivity index (χ0) is 15.3. The maximum atomic E-state index is 12.1. The molecule has 0 aliphatic rings. The van der Waals surface area contributed by atoms with Crippen molar-refractivity contribution in [2.45, 2.75) is 31.6 Å². The molecule has 0 saturated carbocycles. The average Bonchev–Trinajstić information content (AvgIpc) is 2.97. The molecule has 0 bridgehead atoms. The van der Waals surface area contributed by atoms with Crippen LogP contribution in [0.1, 0.15) is 24.7 Å². The van der Waals surface area contributed by atoms with E-state index in [1.54, 1.807) is 30.5 Å². The van der Waals surface area contributed by atoms with Crippen LogP contribution >= 0.6 is 0 Å². The zero-order valence-corrected chi connectivity index (χ0v) is 13.1. The molecule has 4 nitrogen and oxygen atoms in total. The van der Waals surface area contributed by atoms with Gasteiger partial charge in [-0.3, -0.25) is 4.18 Å². The summed E-state index contributed by atoms with van der Waals surface area (Å²) in [6.07, 6.45) is 3.11. The van der Waals surface area contributed by atoms with Gasteiger partial charge in [-0.1, -0.05) is 31.0 Å². The number of aryl methyl sites for hydroxylation is 1. The van der Waals surface area contributed by atoms with E-state index in [-0.39, 0.29) is 17.4 Å². The monoisotopic (exact) mass is 308 g/mol. The molecule has 21 heavy (non-hydrogen) atoms. The minimum atomic E-state index is -3.69. The van der Waals surface area contributed by atoms with Gasteiger partial charge in [0.1, 0.15) is 5.76 Å². The second-order valence-corrected chi connectivity index (χ2v) is 6.72. The molecule has 0 radical (unpaired) electrons. The highest BCUT2D eigenvalue weighted by atomic mass is 32.2. The van der Waals surface area contributed by atoms with Crippen molar-refractivity contribution >= 4 is 10.1 Å². The predicted octanol–water partition coefficient (Wildman–Crippen LogP) is 3.56. The van der Waals surface area contributed by atoms with Gasteiger partial charge in [0.15, 0.2) is 0 Å². The second-order valence-electron chi connectivity index (χ2n) is 5.11. The number of benzene rings is 1. The molecule has 1 aromatic carbocycles. The summed E-state index contributed by atoms with van der Waals surface area (Å²) in [5, 5.41) is 0. The Morgan fingerprint density at radius 2 is 1.90 bits per heavy atom. The molecule has 2 rings (SSSR count). The van der Waals surface area contributed by atoms with Gasteiger partial charge in [0.2, 0.25) is 0 Å². The third-order valence-corrected chi connectivity index (χ3v) is 4.71. The van der Waals surface area contributed by atoms with E-state index >= 15 is 0 Å². The summed E-state index contributed by atoms with van der Waals surface area (Å²) in [6, 6.07) is 10.4. The van der Waals surface area contributed by atoms with E-state index in [2.05, 4.69) is 0 Å². The third-order valence-electron chi connectivity index (χ3n) is 3.42. The fourth-order valence-corrected chi connectivity index (χ4v) is 2.97. The summed E-state index contributed by atoms with van der Waals surface area (Å²) in [7, 11) is -3.69. The van der Waals surface area contributed by atoms with E-state index in [9.17, 15) is 8.42 Å². The number of furan rings is 1. The Kier molecular flexibility index (Phi) is 5.20. The molecule has 1 heterocycles. The lowest BCUT2D eigenvalue weighted by atomic mass is 10.0. The molecular formula is C16H20O4S. The second kappa shape index (κ2) is 6.91. The van der Waals surface area contributed by atoms with Crippen molar-refractivity contribution < 1.29 is 17.0 Å². The van der Waals surface area contributed by atoms with Gasteiger partial charge in [-0.15, -0.1) is 0 Å². The van der Waals surface area contributed by atoms with Crippen molar-refractivity contribution in [1.29, 1.82) is 0 Å². The molecule has 0 aliphatic carbocycles. The van der Waals surface area contributed by atoms with Gasteiger partial charge in [-0.05, 0) is 37.1 Å². The fourth-order valence-electron chi connectivity index (χ4n) is 1.99. The molecule has 0 fully saturated rings. The van der Waals surface area contributed by atoms with Crippen molar-refractivity contribution in [1.82, 2.24) is 0 Å². The summed E-state index contributed by atoms with van der Waals surface area (Å²) in [6.45, 7) is 4.08. The Balaban J connectivity index is 1.98. The van der Waals surface area contributed by atoms with Gasteiger partial charge in [0, 0.05) is 6.42 Å². The summed E-state index contributed by atoms with van der Waals surface area (Å²) >= 11 is 0. The van der Waals surface area contributed by atoms with Gasteiger partial charge in [-0.25, -0.2) is 0 Å². The van der Waals surface area contributed by atoms with Crippen molar-refractivity contribution in [3.63, 3.8) is 0 Å². The van der Waals surface area contributed by atoms with Crippen LogP contribution in [0.3, 0.4) is 0 Å². The predicted molar refractivity (Wildman–Crippen MR) is 80.5 cm³/mol. The Hall–Kier alpha value is -1.59. The smallest absolute Gasteiger partial charge is 0.296 e. The first-order valence-corrected chi connectivity index (χ1v) is 8.40. The van der Waals surface area contributed by atoms with Crippen LogP contribution in [0.25, 0.3) is 0 Å². The normalized spacial score (nSPS) is 13.2. The molecule has 0 spiro atoms. The van der Waals surface area contributed by atoms with E-state index in [0.717, 1.165) is 17.7 Å². The van der Waals surface area contributed by atoms with Crippen molar-refractivity contribution in [3.05, 3.63) is 54.0 Å². The molecule has 0 saturated heterocycles. The van der Waals surface area contributed by atoms with E-state index < -0.39 is 10.1 Å². The van der Waals surface area contributed by atoms with E-state index in [4.69, 9.17) is 8.60 Å². The first-order chi connectivity index (χ1) is 10.0. The van der Waals surface area contributed by atoms with E-state index in [1.807, 2.05) is 26.0 Å². The molecule has 0 aliphatic heterocycles. The van der Waals surface area contributed by atoms with E-state index in [0.29, 0.717) is 6.42 Å². The van der Waals surface area contributed by atoms with Crippen LogP contribution in [-0.4, -0.2) is 15.0 Å². The summed E-state index contributed by atoms with van der Waals surface area (Å²) < 4.78 is 34.7. The first kappa shape index (κ1) is 15.8. The molecule has 5 heteroatoms. The summed E-state index contributed by atoms with van der Waals surface area (Å²) in [5.74, 6) is 0.953.